The predicted octanol–water partition coefficient (Wildman–Crippen LogP) is 2.12. The molecule has 2 rings (SSSR count). The maximum atomic E-state index is 13.7. The zero-order valence-electron chi connectivity index (χ0n) is 11.7. The second-order valence-corrected chi connectivity index (χ2v) is 7.03. The number of hydrogen-bond donors (Lipinski definition) is 1. The Hall–Kier alpha value is -1.14. The quantitative estimate of drug-likeness (QED) is 0.748. The van der Waals surface area contributed by atoms with Crippen molar-refractivity contribution in [3.8, 4) is 0 Å². The van der Waals surface area contributed by atoms with Crippen molar-refractivity contribution in [1.29, 1.82) is 0 Å². The van der Waals surface area contributed by atoms with Crippen molar-refractivity contribution in [2.45, 2.75) is 32.2 Å². The van der Waals surface area contributed by atoms with Crippen LogP contribution in [0.25, 0.3) is 0 Å². The lowest BCUT2D eigenvalue weighted by Gasteiger charge is -2.23. The molecule has 0 bridgehead atoms. The van der Waals surface area contributed by atoms with Crippen molar-refractivity contribution in [1.82, 2.24) is 5.32 Å². The molecule has 0 amide bonds. The summed E-state index contributed by atoms with van der Waals surface area (Å²) in [5, 5.41) is 3.28. The number of rotatable bonds is 8. The third-order valence-electron chi connectivity index (χ3n) is 3.33. The van der Waals surface area contributed by atoms with Crippen LogP contribution in [0.1, 0.15) is 26.2 Å². The summed E-state index contributed by atoms with van der Waals surface area (Å²) in [5.41, 5.74) is 0.130. The number of nitrogens with one attached hydrogen (secondary N) is 1. The van der Waals surface area contributed by atoms with Gasteiger partial charge in [0.1, 0.15) is 5.82 Å². The molecule has 1 N–H and O–H groups in total. The van der Waals surface area contributed by atoms with E-state index in [1.165, 1.54) is 25.0 Å². The summed E-state index contributed by atoms with van der Waals surface area (Å²) in [5.74, 6) is -0.469. The zero-order chi connectivity index (χ0) is 14.6. The molecule has 0 atom stereocenters. The lowest BCUT2D eigenvalue weighted by Crippen LogP contribution is -2.34. The third-order valence-corrected chi connectivity index (χ3v) is 5.26. The Labute approximate surface area is 120 Å². The molecule has 4 nitrogen and oxygen atoms in total. The summed E-state index contributed by atoms with van der Waals surface area (Å²) < 4.78 is 39.5. The number of nitrogens with zero attached hydrogens (tertiary/aromatic N) is 1. The van der Waals surface area contributed by atoms with Gasteiger partial charge in [0, 0.05) is 12.6 Å². The van der Waals surface area contributed by atoms with Crippen LogP contribution in [0.5, 0.6) is 0 Å². The molecule has 6 heteroatoms. The SMILES string of the molecule is CCN(c1ccccc1F)S(=O)(=O)CCCNC1CC1. The van der Waals surface area contributed by atoms with Gasteiger partial charge < -0.3 is 5.32 Å². The van der Waals surface area contributed by atoms with Gasteiger partial charge in [-0.3, -0.25) is 4.31 Å². The average Bonchev–Trinajstić information content (AvgIpc) is 3.22. The van der Waals surface area contributed by atoms with E-state index in [2.05, 4.69) is 5.32 Å². The highest BCUT2D eigenvalue weighted by Crippen LogP contribution is 2.22. The smallest absolute Gasteiger partial charge is 0.235 e. The minimum Gasteiger partial charge on any atom is -0.314 e. The standard InChI is InChI=1S/C14H21FN2O2S/c1-2-17(14-7-4-3-6-13(14)15)20(18,19)11-5-10-16-12-8-9-12/h3-4,6-7,12,16H,2,5,8-11H2,1H3. The fourth-order valence-electron chi connectivity index (χ4n) is 2.13. The van der Waals surface area contributed by atoms with Gasteiger partial charge in [-0.2, -0.15) is 0 Å². The van der Waals surface area contributed by atoms with Gasteiger partial charge in [0.05, 0.1) is 11.4 Å². The van der Waals surface area contributed by atoms with E-state index in [4.69, 9.17) is 0 Å². The van der Waals surface area contributed by atoms with Crippen LogP contribution in [0, 0.1) is 5.82 Å². The highest BCUT2D eigenvalue weighted by atomic mass is 32.2. The summed E-state index contributed by atoms with van der Waals surface area (Å²) in [6, 6.07) is 6.55. The van der Waals surface area contributed by atoms with Crippen LogP contribution >= 0.6 is 0 Å². The Morgan fingerprint density at radius 1 is 1.35 bits per heavy atom. The largest absolute Gasteiger partial charge is 0.314 e. The molecule has 0 heterocycles. The van der Waals surface area contributed by atoms with E-state index in [1.54, 1.807) is 19.1 Å². The van der Waals surface area contributed by atoms with Crippen molar-refractivity contribution in [2.75, 3.05) is 23.1 Å². The lowest BCUT2D eigenvalue weighted by molar-refractivity contribution is 0.580. The molecule has 1 fully saturated rings. The van der Waals surface area contributed by atoms with Crippen molar-refractivity contribution in [3.05, 3.63) is 30.1 Å². The second-order valence-electron chi connectivity index (χ2n) is 5.01. The monoisotopic (exact) mass is 300 g/mol. The molecule has 0 saturated heterocycles. The molecule has 0 radical (unpaired) electrons. The molecule has 1 aromatic carbocycles. The number of benzene rings is 1. The first-order valence-electron chi connectivity index (χ1n) is 7.03. The van der Waals surface area contributed by atoms with Gasteiger partial charge >= 0.3 is 0 Å². The molecular weight excluding hydrogens is 279 g/mol. The molecule has 0 spiro atoms. The van der Waals surface area contributed by atoms with Gasteiger partial charge in [0.15, 0.2) is 0 Å². The first-order valence-corrected chi connectivity index (χ1v) is 8.64. The van der Waals surface area contributed by atoms with Gasteiger partial charge in [0.25, 0.3) is 0 Å². The van der Waals surface area contributed by atoms with Crippen LogP contribution in [0.3, 0.4) is 0 Å². The van der Waals surface area contributed by atoms with E-state index >= 15 is 0 Å². The fraction of sp³-hybridized carbons (Fsp3) is 0.571. The maximum absolute atomic E-state index is 13.7. The molecule has 1 aliphatic rings. The Bertz CT molecular complexity index is 544. The van der Waals surface area contributed by atoms with E-state index in [9.17, 15) is 12.8 Å². The Balaban J connectivity index is 1.99. The molecule has 0 aromatic heterocycles. The van der Waals surface area contributed by atoms with Crippen LogP contribution in [0.2, 0.25) is 0 Å². The van der Waals surface area contributed by atoms with Gasteiger partial charge in [-0.1, -0.05) is 12.1 Å². The Morgan fingerprint density at radius 3 is 2.65 bits per heavy atom. The van der Waals surface area contributed by atoms with E-state index in [-0.39, 0.29) is 18.0 Å². The van der Waals surface area contributed by atoms with Gasteiger partial charge in [0.2, 0.25) is 10.0 Å². The number of halogens is 1. The normalized spacial score (nSPS) is 15.3. The van der Waals surface area contributed by atoms with E-state index in [0.29, 0.717) is 19.0 Å². The van der Waals surface area contributed by atoms with Crippen molar-refractivity contribution >= 4 is 15.7 Å². The lowest BCUT2D eigenvalue weighted by atomic mass is 10.3. The number of hydrogen-bond acceptors (Lipinski definition) is 3. The summed E-state index contributed by atoms with van der Waals surface area (Å²) in [4.78, 5) is 0. The fourth-order valence-corrected chi connectivity index (χ4v) is 3.70. The Morgan fingerprint density at radius 2 is 2.05 bits per heavy atom. The topological polar surface area (TPSA) is 49.4 Å². The minimum atomic E-state index is -3.47. The van der Waals surface area contributed by atoms with Crippen LogP contribution in [-0.4, -0.2) is 33.3 Å². The molecule has 0 aliphatic heterocycles. The maximum Gasteiger partial charge on any atom is 0.235 e. The van der Waals surface area contributed by atoms with Crippen LogP contribution in [0.4, 0.5) is 10.1 Å². The number of para-hydroxylation sites is 1. The Kier molecular flexibility index (Phi) is 4.99. The summed E-state index contributed by atoms with van der Waals surface area (Å²) in [6.07, 6.45) is 2.91. The van der Waals surface area contributed by atoms with E-state index in [0.717, 1.165) is 4.31 Å². The van der Waals surface area contributed by atoms with Gasteiger partial charge in [-0.25, -0.2) is 12.8 Å². The van der Waals surface area contributed by atoms with Crippen LogP contribution in [-0.2, 0) is 10.0 Å². The summed E-state index contributed by atoms with van der Waals surface area (Å²) in [6.45, 7) is 2.64. The zero-order valence-corrected chi connectivity index (χ0v) is 12.5. The number of anilines is 1. The average molecular weight is 300 g/mol. The molecule has 1 saturated carbocycles. The van der Waals surface area contributed by atoms with Gasteiger partial charge in [-0.05, 0) is 44.9 Å². The highest BCUT2D eigenvalue weighted by Gasteiger charge is 2.24. The third kappa shape index (κ3) is 3.93. The molecule has 1 aliphatic carbocycles. The van der Waals surface area contributed by atoms with E-state index < -0.39 is 15.8 Å². The first kappa shape index (κ1) is 15.3. The van der Waals surface area contributed by atoms with Crippen molar-refractivity contribution < 1.29 is 12.8 Å². The molecular formula is C14H21FN2O2S. The first-order chi connectivity index (χ1) is 9.54. The summed E-state index contributed by atoms with van der Waals surface area (Å²) >= 11 is 0. The highest BCUT2D eigenvalue weighted by molar-refractivity contribution is 7.92. The second kappa shape index (κ2) is 6.54. The molecule has 20 heavy (non-hydrogen) atoms. The molecule has 0 unspecified atom stereocenters. The van der Waals surface area contributed by atoms with Crippen LogP contribution < -0.4 is 9.62 Å². The van der Waals surface area contributed by atoms with Crippen LogP contribution in [0.15, 0.2) is 24.3 Å². The van der Waals surface area contributed by atoms with E-state index in [1.807, 2.05) is 0 Å². The number of sulfonamides is 1. The molecule has 112 valence electrons. The predicted molar refractivity (Wildman–Crippen MR) is 78.8 cm³/mol. The van der Waals surface area contributed by atoms with Crippen molar-refractivity contribution in [2.24, 2.45) is 0 Å². The van der Waals surface area contributed by atoms with Crippen molar-refractivity contribution in [3.63, 3.8) is 0 Å². The molecule has 1 aromatic rings. The van der Waals surface area contributed by atoms with Gasteiger partial charge in [-0.15, -0.1) is 0 Å². The minimum absolute atomic E-state index is 0.0366. The summed E-state index contributed by atoms with van der Waals surface area (Å²) in [7, 11) is -3.47.